The summed E-state index contributed by atoms with van der Waals surface area (Å²) in [6.45, 7) is 3.63. The zero-order valence-corrected chi connectivity index (χ0v) is 18.2. The molecule has 0 aliphatic heterocycles. The van der Waals surface area contributed by atoms with Crippen LogP contribution in [-0.2, 0) is 11.8 Å². The molecule has 32 heavy (non-hydrogen) atoms. The van der Waals surface area contributed by atoms with Crippen LogP contribution in [0.4, 0.5) is 11.4 Å². The van der Waals surface area contributed by atoms with E-state index in [0.29, 0.717) is 10.8 Å². The van der Waals surface area contributed by atoms with Crippen molar-refractivity contribution in [3.8, 4) is 11.5 Å². The van der Waals surface area contributed by atoms with Gasteiger partial charge < -0.3 is 14.8 Å². The minimum atomic E-state index is -0.662. The van der Waals surface area contributed by atoms with E-state index >= 15 is 0 Å². The Bertz CT molecular complexity index is 1210. The molecule has 0 saturated heterocycles. The third-order valence-corrected chi connectivity index (χ3v) is 4.75. The maximum atomic E-state index is 12.6. The molecule has 10 nitrogen and oxygen atoms in total. The second-order valence-electron chi connectivity index (χ2n) is 6.70. The van der Waals surface area contributed by atoms with Crippen molar-refractivity contribution >= 4 is 34.9 Å². The zero-order chi connectivity index (χ0) is 23.4. The van der Waals surface area contributed by atoms with Gasteiger partial charge in [-0.15, -0.1) is 0 Å². The summed E-state index contributed by atoms with van der Waals surface area (Å²) in [7, 11) is 1.50. The van der Waals surface area contributed by atoms with Crippen LogP contribution in [0.25, 0.3) is 0 Å². The first-order valence-electron chi connectivity index (χ1n) is 9.44. The number of esters is 1. The smallest absolute Gasteiger partial charge is 0.356 e. The molecular formula is C21H19ClN4O6. The van der Waals surface area contributed by atoms with Crippen LogP contribution < -0.4 is 10.1 Å². The van der Waals surface area contributed by atoms with Crippen molar-refractivity contribution in [1.82, 2.24) is 9.78 Å². The monoisotopic (exact) mass is 458 g/mol. The normalized spacial score (nSPS) is 10.5. The lowest BCUT2D eigenvalue weighted by atomic mass is 10.2. The first kappa shape index (κ1) is 22.8. The molecule has 0 spiro atoms. The molecule has 0 aliphatic rings. The van der Waals surface area contributed by atoms with E-state index in [-0.39, 0.29) is 35.1 Å². The summed E-state index contributed by atoms with van der Waals surface area (Å²) in [5.74, 6) is -0.714. The minimum absolute atomic E-state index is 0.0575. The van der Waals surface area contributed by atoms with Gasteiger partial charge in [0.15, 0.2) is 5.69 Å². The van der Waals surface area contributed by atoms with Gasteiger partial charge in [-0.2, -0.15) is 5.10 Å². The Morgan fingerprint density at radius 2 is 1.94 bits per heavy atom. The quantitative estimate of drug-likeness (QED) is 0.313. The first-order chi connectivity index (χ1) is 15.2. The maximum absolute atomic E-state index is 12.6. The van der Waals surface area contributed by atoms with Crippen molar-refractivity contribution in [1.29, 1.82) is 0 Å². The van der Waals surface area contributed by atoms with E-state index in [4.69, 9.17) is 21.1 Å². The van der Waals surface area contributed by atoms with Gasteiger partial charge in [0, 0.05) is 30.3 Å². The Labute approximate surface area is 187 Å². The van der Waals surface area contributed by atoms with E-state index in [1.54, 1.807) is 32.0 Å². The van der Waals surface area contributed by atoms with E-state index < -0.39 is 16.8 Å². The molecular weight excluding hydrogens is 440 g/mol. The number of carbonyl (C=O) groups excluding carboxylic acids is 2. The number of non-ortho nitro benzene ring substituents is 1. The number of rotatable bonds is 7. The van der Waals surface area contributed by atoms with E-state index in [9.17, 15) is 19.7 Å². The fourth-order valence-corrected chi connectivity index (χ4v) is 2.92. The molecule has 0 unspecified atom stereocenters. The fourth-order valence-electron chi connectivity index (χ4n) is 2.81. The van der Waals surface area contributed by atoms with Crippen LogP contribution in [0.2, 0.25) is 5.02 Å². The molecule has 1 aromatic heterocycles. The molecule has 166 valence electrons. The number of halogens is 1. The third-order valence-electron chi connectivity index (χ3n) is 4.32. The number of nitrogens with zero attached hydrogens (tertiary/aromatic N) is 3. The number of anilines is 1. The Morgan fingerprint density at radius 3 is 2.59 bits per heavy atom. The van der Waals surface area contributed by atoms with Crippen LogP contribution in [0.3, 0.4) is 0 Å². The Kier molecular flexibility index (Phi) is 6.74. The minimum Gasteiger partial charge on any atom is -0.461 e. The average molecular weight is 459 g/mol. The van der Waals surface area contributed by atoms with Crippen LogP contribution in [-0.4, -0.2) is 33.2 Å². The van der Waals surface area contributed by atoms with Crippen molar-refractivity contribution in [3.63, 3.8) is 0 Å². The van der Waals surface area contributed by atoms with E-state index in [1.165, 1.54) is 36.0 Å². The number of benzene rings is 2. The average Bonchev–Trinajstić information content (AvgIpc) is 3.13. The van der Waals surface area contributed by atoms with Gasteiger partial charge in [-0.25, -0.2) is 4.79 Å². The van der Waals surface area contributed by atoms with Crippen molar-refractivity contribution in [2.75, 3.05) is 11.9 Å². The number of ether oxygens (including phenoxy) is 2. The molecule has 0 bridgehead atoms. The molecule has 0 radical (unpaired) electrons. The van der Waals surface area contributed by atoms with Gasteiger partial charge in [0.2, 0.25) is 0 Å². The van der Waals surface area contributed by atoms with Gasteiger partial charge in [-0.05, 0) is 37.6 Å². The summed E-state index contributed by atoms with van der Waals surface area (Å²) < 4.78 is 11.9. The Morgan fingerprint density at radius 1 is 1.19 bits per heavy atom. The molecule has 0 fully saturated rings. The number of aryl methyl sites for hydroxylation is 2. The SMILES string of the molecule is CCOC(=O)c1cc(C(=O)Nc2cc(Oc3ccc(Cl)c(C)c3)cc([N+](=O)[O-])c2)nn1C. The van der Waals surface area contributed by atoms with Gasteiger partial charge in [0.05, 0.1) is 23.3 Å². The summed E-state index contributed by atoms with van der Waals surface area (Å²) in [5.41, 5.74) is 0.650. The van der Waals surface area contributed by atoms with Crippen molar-refractivity contribution in [3.05, 3.63) is 74.6 Å². The molecule has 0 aliphatic carbocycles. The van der Waals surface area contributed by atoms with Crippen molar-refractivity contribution in [2.24, 2.45) is 7.05 Å². The highest BCUT2D eigenvalue weighted by Crippen LogP contribution is 2.31. The summed E-state index contributed by atoms with van der Waals surface area (Å²) in [4.78, 5) is 35.3. The Hall–Kier alpha value is -3.92. The van der Waals surface area contributed by atoms with Crippen molar-refractivity contribution in [2.45, 2.75) is 13.8 Å². The van der Waals surface area contributed by atoms with Gasteiger partial charge in [-0.1, -0.05) is 11.6 Å². The van der Waals surface area contributed by atoms with Crippen LogP contribution in [0.5, 0.6) is 11.5 Å². The number of carbonyl (C=O) groups is 2. The number of aromatic nitrogens is 2. The highest BCUT2D eigenvalue weighted by Gasteiger charge is 2.20. The lowest BCUT2D eigenvalue weighted by molar-refractivity contribution is -0.384. The number of nitro benzene ring substituents is 1. The van der Waals surface area contributed by atoms with Gasteiger partial charge >= 0.3 is 5.97 Å². The maximum Gasteiger partial charge on any atom is 0.356 e. The molecule has 3 aromatic rings. The molecule has 0 atom stereocenters. The molecule has 1 N–H and O–H groups in total. The molecule has 0 saturated carbocycles. The van der Waals surface area contributed by atoms with Crippen LogP contribution >= 0.6 is 11.6 Å². The highest BCUT2D eigenvalue weighted by atomic mass is 35.5. The van der Waals surface area contributed by atoms with Gasteiger partial charge in [0.25, 0.3) is 11.6 Å². The Balaban J connectivity index is 1.86. The van der Waals surface area contributed by atoms with Gasteiger partial charge in [-0.3, -0.25) is 19.6 Å². The fraction of sp³-hybridized carbons (Fsp3) is 0.190. The number of amides is 1. The zero-order valence-electron chi connectivity index (χ0n) is 17.4. The lowest BCUT2D eigenvalue weighted by Crippen LogP contribution is -2.13. The third kappa shape index (κ3) is 5.22. The standard InChI is InChI=1S/C21H19ClN4O6/c1-4-31-21(28)19-11-18(24-25(19)3)20(27)23-13-8-14(26(29)30)10-16(9-13)32-15-5-6-17(22)12(2)7-15/h5-11H,4H2,1-3H3,(H,23,27). The number of hydrogen-bond donors (Lipinski definition) is 1. The second kappa shape index (κ2) is 9.48. The van der Waals surface area contributed by atoms with Crippen LogP contribution in [0.1, 0.15) is 33.5 Å². The molecule has 1 heterocycles. The molecule has 1 amide bonds. The summed E-state index contributed by atoms with van der Waals surface area (Å²) >= 11 is 6.01. The number of nitrogens with one attached hydrogen (secondary N) is 1. The second-order valence-corrected chi connectivity index (χ2v) is 7.11. The van der Waals surface area contributed by atoms with E-state index in [0.717, 1.165) is 5.56 Å². The topological polar surface area (TPSA) is 126 Å². The molecule has 11 heteroatoms. The number of nitro groups is 1. The summed E-state index contributed by atoms with van der Waals surface area (Å²) in [6.07, 6.45) is 0. The predicted octanol–water partition coefficient (Wildman–Crippen LogP) is 4.51. The molecule has 3 rings (SSSR count). The van der Waals surface area contributed by atoms with E-state index in [1.807, 2.05) is 0 Å². The largest absolute Gasteiger partial charge is 0.461 e. The van der Waals surface area contributed by atoms with Crippen LogP contribution in [0, 0.1) is 17.0 Å². The van der Waals surface area contributed by atoms with Crippen molar-refractivity contribution < 1.29 is 24.0 Å². The summed E-state index contributed by atoms with van der Waals surface area (Å²) in [5, 5.41) is 18.4. The summed E-state index contributed by atoms with van der Waals surface area (Å²) in [6, 6.07) is 10.1. The first-order valence-corrected chi connectivity index (χ1v) is 9.81. The van der Waals surface area contributed by atoms with Crippen LogP contribution in [0.15, 0.2) is 42.5 Å². The lowest BCUT2D eigenvalue weighted by Gasteiger charge is -2.10. The van der Waals surface area contributed by atoms with E-state index in [2.05, 4.69) is 10.4 Å². The highest BCUT2D eigenvalue weighted by molar-refractivity contribution is 6.31. The molecule has 2 aromatic carbocycles. The van der Waals surface area contributed by atoms with Gasteiger partial charge in [0.1, 0.15) is 17.2 Å². The predicted molar refractivity (Wildman–Crippen MR) is 116 cm³/mol. The number of hydrogen-bond acceptors (Lipinski definition) is 7.